The lowest BCUT2D eigenvalue weighted by molar-refractivity contribution is 0.0240. The predicted octanol–water partition coefficient (Wildman–Crippen LogP) is 3.02. The topological polar surface area (TPSA) is 52.6 Å². The number of nitrogens with one attached hydrogen (secondary N) is 1. The van der Waals surface area contributed by atoms with Gasteiger partial charge in [0.15, 0.2) is 0 Å². The zero-order chi connectivity index (χ0) is 16.4. The number of amides is 2. The Morgan fingerprint density at radius 2 is 1.91 bits per heavy atom. The van der Waals surface area contributed by atoms with Crippen LogP contribution in [0.25, 0.3) is 0 Å². The first-order chi connectivity index (χ1) is 11.0. The molecule has 0 aliphatic heterocycles. The van der Waals surface area contributed by atoms with Gasteiger partial charge < -0.3 is 15.3 Å². The van der Waals surface area contributed by atoms with Crippen LogP contribution in [0, 0.1) is 5.82 Å². The van der Waals surface area contributed by atoms with E-state index in [1.807, 2.05) is 12.1 Å². The molecular formula is C18H25FN2O2. The normalized spacial score (nSPS) is 25.7. The lowest BCUT2D eigenvalue weighted by atomic mass is 9.76. The molecule has 0 spiro atoms. The highest BCUT2D eigenvalue weighted by molar-refractivity contribution is 5.74. The summed E-state index contributed by atoms with van der Waals surface area (Å²) in [7, 11) is 1.74. The molecule has 1 aromatic carbocycles. The van der Waals surface area contributed by atoms with E-state index in [0.29, 0.717) is 12.5 Å². The van der Waals surface area contributed by atoms with Crippen molar-refractivity contribution in [2.24, 2.45) is 0 Å². The van der Waals surface area contributed by atoms with Crippen LogP contribution >= 0.6 is 0 Å². The van der Waals surface area contributed by atoms with E-state index in [0.717, 1.165) is 44.1 Å². The van der Waals surface area contributed by atoms with Crippen LogP contribution in [-0.2, 0) is 0 Å². The Bertz CT molecular complexity index is 549. The highest BCUT2D eigenvalue weighted by Crippen LogP contribution is 2.37. The number of carbonyl (C=O) groups is 1. The summed E-state index contributed by atoms with van der Waals surface area (Å²) in [5.74, 6) is 0.176. The average Bonchev–Trinajstić information content (AvgIpc) is 2.89. The second kappa shape index (κ2) is 6.48. The van der Waals surface area contributed by atoms with Gasteiger partial charge in [-0.3, -0.25) is 0 Å². The van der Waals surface area contributed by atoms with Crippen molar-refractivity contribution in [3.05, 3.63) is 35.6 Å². The third kappa shape index (κ3) is 3.83. The monoisotopic (exact) mass is 320 g/mol. The lowest BCUT2D eigenvalue weighted by Gasteiger charge is -2.38. The van der Waals surface area contributed by atoms with E-state index in [2.05, 4.69) is 5.32 Å². The van der Waals surface area contributed by atoms with Gasteiger partial charge in [0.05, 0.1) is 12.1 Å². The van der Waals surface area contributed by atoms with Crippen molar-refractivity contribution in [3.63, 3.8) is 0 Å². The van der Waals surface area contributed by atoms with Crippen molar-refractivity contribution in [3.8, 4) is 0 Å². The minimum atomic E-state index is -0.706. The second-order valence-electron chi connectivity index (χ2n) is 7.15. The van der Waals surface area contributed by atoms with Crippen LogP contribution in [0.5, 0.6) is 0 Å². The van der Waals surface area contributed by atoms with Crippen LogP contribution in [0.3, 0.4) is 0 Å². The van der Waals surface area contributed by atoms with E-state index in [1.54, 1.807) is 11.9 Å². The van der Waals surface area contributed by atoms with Gasteiger partial charge in [-0.25, -0.2) is 9.18 Å². The zero-order valence-electron chi connectivity index (χ0n) is 13.6. The van der Waals surface area contributed by atoms with Gasteiger partial charge in [0.2, 0.25) is 0 Å². The third-order valence-electron chi connectivity index (χ3n) is 5.22. The van der Waals surface area contributed by atoms with Crippen molar-refractivity contribution in [2.75, 3.05) is 13.6 Å². The zero-order valence-corrected chi connectivity index (χ0v) is 13.6. The van der Waals surface area contributed by atoms with Crippen LogP contribution in [-0.4, -0.2) is 41.3 Å². The van der Waals surface area contributed by atoms with Crippen LogP contribution in [0.4, 0.5) is 9.18 Å². The van der Waals surface area contributed by atoms with Gasteiger partial charge in [0, 0.05) is 13.1 Å². The van der Waals surface area contributed by atoms with Gasteiger partial charge >= 0.3 is 6.03 Å². The molecule has 0 atom stereocenters. The number of likely N-dealkylation sites (N-methyl/N-ethyl adjacent to an activating group) is 1. The Kier molecular flexibility index (Phi) is 4.57. The number of hydrogen-bond acceptors (Lipinski definition) is 2. The molecule has 0 aromatic heterocycles. The second-order valence-corrected chi connectivity index (χ2v) is 7.15. The van der Waals surface area contributed by atoms with Crippen molar-refractivity contribution >= 4 is 6.03 Å². The largest absolute Gasteiger partial charge is 0.388 e. The van der Waals surface area contributed by atoms with Crippen molar-refractivity contribution in [1.29, 1.82) is 0 Å². The number of urea groups is 1. The number of nitrogens with zero attached hydrogens (tertiary/aromatic N) is 1. The molecule has 5 heteroatoms. The Morgan fingerprint density at radius 1 is 1.30 bits per heavy atom. The number of carbonyl (C=O) groups excluding carboxylic acids is 1. The molecule has 0 radical (unpaired) electrons. The fourth-order valence-corrected chi connectivity index (χ4v) is 3.73. The number of benzene rings is 1. The van der Waals surface area contributed by atoms with Crippen LogP contribution in [0.15, 0.2) is 24.3 Å². The van der Waals surface area contributed by atoms with E-state index in [9.17, 15) is 14.3 Å². The molecule has 126 valence electrons. The first-order valence-electron chi connectivity index (χ1n) is 8.45. The molecule has 2 aliphatic carbocycles. The maximum atomic E-state index is 12.9. The van der Waals surface area contributed by atoms with Crippen LogP contribution < -0.4 is 5.32 Å². The molecular weight excluding hydrogens is 295 g/mol. The summed E-state index contributed by atoms with van der Waals surface area (Å²) in [6, 6.07) is 6.65. The van der Waals surface area contributed by atoms with E-state index in [1.165, 1.54) is 12.1 Å². The molecule has 0 unspecified atom stereocenters. The van der Waals surface area contributed by atoms with Gasteiger partial charge in [0.25, 0.3) is 0 Å². The maximum absolute atomic E-state index is 12.9. The first-order valence-corrected chi connectivity index (χ1v) is 8.45. The Labute approximate surface area is 136 Å². The highest BCUT2D eigenvalue weighted by Gasteiger charge is 2.35. The SMILES string of the molecule is CN(CC1(O)CCCC1)C(=O)NC1CC(c2ccc(F)cc2)C1. The number of rotatable bonds is 4. The molecule has 1 aromatic rings. The molecule has 2 fully saturated rings. The summed E-state index contributed by atoms with van der Waals surface area (Å²) < 4.78 is 12.9. The summed E-state index contributed by atoms with van der Waals surface area (Å²) in [5.41, 5.74) is 0.424. The third-order valence-corrected chi connectivity index (χ3v) is 5.22. The number of hydrogen-bond donors (Lipinski definition) is 2. The van der Waals surface area contributed by atoms with E-state index in [4.69, 9.17) is 0 Å². The molecule has 3 rings (SSSR count). The van der Waals surface area contributed by atoms with E-state index in [-0.39, 0.29) is 17.9 Å². The van der Waals surface area contributed by atoms with Gasteiger partial charge in [0.1, 0.15) is 5.82 Å². The van der Waals surface area contributed by atoms with Gasteiger partial charge in [-0.2, -0.15) is 0 Å². The van der Waals surface area contributed by atoms with Gasteiger partial charge in [-0.15, -0.1) is 0 Å². The molecule has 23 heavy (non-hydrogen) atoms. The molecule has 0 bridgehead atoms. The smallest absolute Gasteiger partial charge is 0.317 e. The number of aliphatic hydroxyl groups is 1. The Balaban J connectivity index is 1.44. The van der Waals surface area contributed by atoms with Crippen LogP contribution in [0.2, 0.25) is 0 Å². The summed E-state index contributed by atoms with van der Waals surface area (Å²) in [5, 5.41) is 13.4. The van der Waals surface area contributed by atoms with Crippen molar-refractivity contribution in [2.45, 2.75) is 56.1 Å². The summed E-state index contributed by atoms with van der Waals surface area (Å²) in [4.78, 5) is 13.8. The molecule has 2 saturated carbocycles. The molecule has 0 heterocycles. The average molecular weight is 320 g/mol. The van der Waals surface area contributed by atoms with Crippen molar-refractivity contribution < 1.29 is 14.3 Å². The minimum Gasteiger partial charge on any atom is -0.388 e. The van der Waals surface area contributed by atoms with Crippen molar-refractivity contribution in [1.82, 2.24) is 10.2 Å². The first kappa shape index (κ1) is 16.2. The molecule has 2 aliphatic rings. The maximum Gasteiger partial charge on any atom is 0.317 e. The minimum absolute atomic E-state index is 0.118. The number of halogens is 1. The highest BCUT2D eigenvalue weighted by atomic mass is 19.1. The van der Waals surface area contributed by atoms with E-state index >= 15 is 0 Å². The quantitative estimate of drug-likeness (QED) is 0.896. The fraction of sp³-hybridized carbons (Fsp3) is 0.611. The Morgan fingerprint density at radius 3 is 2.52 bits per heavy atom. The summed E-state index contributed by atoms with van der Waals surface area (Å²) in [6.07, 6.45) is 5.40. The molecule has 0 saturated heterocycles. The standard InChI is InChI=1S/C18H25FN2O2/c1-21(12-18(23)8-2-3-9-18)17(22)20-16-10-14(11-16)13-4-6-15(19)7-5-13/h4-7,14,16,23H,2-3,8-12H2,1H3,(H,20,22). The lowest BCUT2D eigenvalue weighted by Crippen LogP contribution is -2.51. The van der Waals surface area contributed by atoms with Gasteiger partial charge in [-0.05, 0) is 49.3 Å². The molecule has 2 amide bonds. The van der Waals surface area contributed by atoms with Crippen LogP contribution in [0.1, 0.15) is 50.0 Å². The summed E-state index contributed by atoms with van der Waals surface area (Å²) in [6.45, 7) is 0.396. The van der Waals surface area contributed by atoms with Gasteiger partial charge in [-0.1, -0.05) is 25.0 Å². The molecule has 2 N–H and O–H groups in total. The fourth-order valence-electron chi connectivity index (χ4n) is 3.73. The predicted molar refractivity (Wildman–Crippen MR) is 86.7 cm³/mol. The van der Waals surface area contributed by atoms with E-state index < -0.39 is 5.60 Å². The molecule has 4 nitrogen and oxygen atoms in total. The summed E-state index contributed by atoms with van der Waals surface area (Å²) >= 11 is 0. The Hall–Kier alpha value is -1.62.